The number of aromatic nitrogens is 4. The van der Waals surface area contributed by atoms with E-state index in [9.17, 15) is 9.59 Å². The van der Waals surface area contributed by atoms with Crippen LogP contribution < -0.4 is 16.0 Å². The lowest BCUT2D eigenvalue weighted by Gasteiger charge is -2.26. The van der Waals surface area contributed by atoms with Gasteiger partial charge in [-0.15, -0.1) is 0 Å². The van der Waals surface area contributed by atoms with Crippen LogP contribution in [-0.2, 0) is 18.8 Å². The maximum atomic E-state index is 12.4. The van der Waals surface area contributed by atoms with Crippen LogP contribution in [0.1, 0.15) is 0 Å². The molecule has 0 unspecified atom stereocenters. The summed E-state index contributed by atoms with van der Waals surface area (Å²) in [5.41, 5.74) is 0.547. The normalized spacial score (nSPS) is 15.0. The van der Waals surface area contributed by atoms with E-state index in [1.54, 1.807) is 7.05 Å². The summed E-state index contributed by atoms with van der Waals surface area (Å²) in [6.07, 6.45) is 1.51. The number of fused-ring (bicyclic) bond motifs is 1. The molecule has 9 heteroatoms. The van der Waals surface area contributed by atoms with Crippen molar-refractivity contribution < 1.29 is 9.47 Å². The third-order valence-corrected chi connectivity index (χ3v) is 5.10. The first-order valence-corrected chi connectivity index (χ1v) is 9.50. The Hall–Kier alpha value is -3.04. The van der Waals surface area contributed by atoms with Gasteiger partial charge in [-0.3, -0.25) is 18.8 Å². The van der Waals surface area contributed by atoms with E-state index in [1.807, 2.05) is 24.3 Å². The molecule has 0 atom stereocenters. The Morgan fingerprint density at radius 2 is 1.79 bits per heavy atom. The van der Waals surface area contributed by atoms with Crippen LogP contribution >= 0.6 is 0 Å². The molecule has 1 fully saturated rings. The van der Waals surface area contributed by atoms with Crippen molar-refractivity contribution >= 4 is 11.0 Å². The monoisotopic (exact) mass is 397 g/mol. The smallest absolute Gasteiger partial charge is 0.331 e. The van der Waals surface area contributed by atoms with E-state index in [0.717, 1.165) is 48.7 Å². The summed E-state index contributed by atoms with van der Waals surface area (Å²) >= 11 is 0. The summed E-state index contributed by atoms with van der Waals surface area (Å²) in [5, 5.41) is 0. The number of rotatable bonds is 5. The topological polar surface area (TPSA) is 91.5 Å². The highest BCUT2D eigenvalue weighted by molar-refractivity contribution is 5.75. The second-order valence-electron chi connectivity index (χ2n) is 6.96. The molecule has 0 N–H and O–H groups in total. The number of hydrogen-bond donors (Lipinski definition) is 0. The lowest BCUT2D eigenvalue weighted by molar-refractivity contribution is 0.0322. The zero-order valence-corrected chi connectivity index (χ0v) is 16.5. The predicted molar refractivity (Wildman–Crippen MR) is 108 cm³/mol. The highest BCUT2D eigenvalue weighted by Crippen LogP contribution is 2.20. The average Bonchev–Trinajstić information content (AvgIpc) is 2.77. The van der Waals surface area contributed by atoms with Gasteiger partial charge in [0.25, 0.3) is 5.56 Å². The number of hydrogen-bond acceptors (Lipinski definition) is 7. The molecule has 1 aromatic carbocycles. The van der Waals surface area contributed by atoms with Crippen molar-refractivity contribution in [3.8, 4) is 17.1 Å². The number of nitrogens with zero attached hydrogens (tertiary/aromatic N) is 5. The molecule has 0 bridgehead atoms. The summed E-state index contributed by atoms with van der Waals surface area (Å²) in [7, 11) is 3.03. The minimum atomic E-state index is -0.435. The Bertz CT molecular complexity index is 1130. The fourth-order valence-electron chi connectivity index (χ4n) is 3.31. The molecule has 152 valence electrons. The average molecular weight is 397 g/mol. The molecule has 0 amide bonds. The van der Waals surface area contributed by atoms with Gasteiger partial charge in [-0.2, -0.15) is 0 Å². The Kier molecular flexibility index (Phi) is 5.41. The van der Waals surface area contributed by atoms with Crippen LogP contribution in [0.2, 0.25) is 0 Å². The molecule has 0 saturated carbocycles. The van der Waals surface area contributed by atoms with Gasteiger partial charge in [0.15, 0.2) is 11.3 Å². The molecular formula is C20H23N5O4. The third-order valence-electron chi connectivity index (χ3n) is 5.10. The molecular weight excluding hydrogens is 374 g/mol. The molecule has 2 aromatic heterocycles. The van der Waals surface area contributed by atoms with Crippen LogP contribution in [0.15, 0.2) is 40.1 Å². The minimum absolute atomic E-state index is 0.213. The highest BCUT2D eigenvalue weighted by Gasteiger charge is 2.13. The van der Waals surface area contributed by atoms with Gasteiger partial charge in [-0.05, 0) is 24.3 Å². The molecule has 1 aliphatic rings. The van der Waals surface area contributed by atoms with Crippen molar-refractivity contribution in [1.82, 2.24) is 24.0 Å². The molecule has 0 spiro atoms. The maximum Gasteiger partial charge on any atom is 0.331 e. The second kappa shape index (κ2) is 8.14. The molecule has 4 rings (SSSR count). The first kappa shape index (κ1) is 19.3. The standard InChI is InChI=1S/C20H23N5O4/c1-23-16-13-21-18(22-17(16)19(26)24(2)20(23)27)14-3-5-15(6-4-14)29-12-9-25-7-10-28-11-8-25/h3-6,13H,7-12H2,1-2H3. The van der Waals surface area contributed by atoms with Crippen LogP contribution in [-0.4, -0.2) is 63.5 Å². The molecule has 0 aliphatic carbocycles. The Morgan fingerprint density at radius 1 is 1.07 bits per heavy atom. The molecule has 1 saturated heterocycles. The van der Waals surface area contributed by atoms with Gasteiger partial charge in [-0.1, -0.05) is 0 Å². The van der Waals surface area contributed by atoms with E-state index in [1.165, 1.54) is 17.8 Å². The van der Waals surface area contributed by atoms with Gasteiger partial charge in [-0.25, -0.2) is 14.8 Å². The van der Waals surface area contributed by atoms with E-state index in [-0.39, 0.29) is 5.52 Å². The van der Waals surface area contributed by atoms with Gasteiger partial charge in [0, 0.05) is 39.3 Å². The first-order chi connectivity index (χ1) is 14.0. The van der Waals surface area contributed by atoms with Crippen molar-refractivity contribution in [2.24, 2.45) is 14.1 Å². The van der Waals surface area contributed by atoms with E-state index < -0.39 is 11.2 Å². The highest BCUT2D eigenvalue weighted by atomic mass is 16.5. The SMILES string of the molecule is Cn1c(=O)c2nc(-c3ccc(OCCN4CCOCC4)cc3)ncc2n(C)c1=O. The number of aryl methyl sites for hydroxylation is 1. The molecule has 3 aromatic rings. The first-order valence-electron chi connectivity index (χ1n) is 9.50. The van der Waals surface area contributed by atoms with Gasteiger partial charge in [0.05, 0.1) is 24.9 Å². The summed E-state index contributed by atoms with van der Waals surface area (Å²) < 4.78 is 13.6. The van der Waals surface area contributed by atoms with Crippen molar-refractivity contribution in [1.29, 1.82) is 0 Å². The molecule has 3 heterocycles. The zero-order valence-electron chi connectivity index (χ0n) is 16.5. The van der Waals surface area contributed by atoms with Crippen LogP contribution in [0.5, 0.6) is 5.75 Å². The Balaban J connectivity index is 1.50. The number of benzene rings is 1. The zero-order chi connectivity index (χ0) is 20.4. The molecule has 29 heavy (non-hydrogen) atoms. The maximum absolute atomic E-state index is 12.4. The fourth-order valence-corrected chi connectivity index (χ4v) is 3.31. The van der Waals surface area contributed by atoms with Crippen molar-refractivity contribution in [2.45, 2.75) is 0 Å². The second-order valence-corrected chi connectivity index (χ2v) is 6.96. The third kappa shape index (κ3) is 3.92. The van der Waals surface area contributed by atoms with E-state index >= 15 is 0 Å². The lowest BCUT2D eigenvalue weighted by atomic mass is 10.2. The van der Waals surface area contributed by atoms with Crippen LogP contribution in [0.25, 0.3) is 22.4 Å². The van der Waals surface area contributed by atoms with Gasteiger partial charge in [0.1, 0.15) is 12.4 Å². The van der Waals surface area contributed by atoms with Crippen molar-refractivity contribution in [3.05, 3.63) is 51.3 Å². The summed E-state index contributed by atoms with van der Waals surface area (Å²) in [6, 6.07) is 7.44. The largest absolute Gasteiger partial charge is 0.492 e. The number of morpholine rings is 1. The molecule has 1 aliphatic heterocycles. The molecule has 0 radical (unpaired) electrons. The lowest BCUT2D eigenvalue weighted by Crippen LogP contribution is -2.38. The van der Waals surface area contributed by atoms with Gasteiger partial charge in [0.2, 0.25) is 0 Å². The Morgan fingerprint density at radius 3 is 2.52 bits per heavy atom. The number of ether oxygens (including phenoxy) is 2. The fraction of sp³-hybridized carbons (Fsp3) is 0.400. The summed E-state index contributed by atoms with van der Waals surface area (Å²) in [5.74, 6) is 1.19. The van der Waals surface area contributed by atoms with E-state index in [2.05, 4.69) is 14.9 Å². The van der Waals surface area contributed by atoms with Crippen LogP contribution in [0, 0.1) is 0 Å². The van der Waals surface area contributed by atoms with Crippen molar-refractivity contribution in [2.75, 3.05) is 39.5 Å². The van der Waals surface area contributed by atoms with Gasteiger partial charge < -0.3 is 9.47 Å². The summed E-state index contributed by atoms with van der Waals surface area (Å²) in [6.45, 7) is 4.89. The van der Waals surface area contributed by atoms with Crippen LogP contribution in [0.4, 0.5) is 0 Å². The van der Waals surface area contributed by atoms with Crippen LogP contribution in [0.3, 0.4) is 0 Å². The van der Waals surface area contributed by atoms with Gasteiger partial charge >= 0.3 is 5.69 Å². The summed E-state index contributed by atoms with van der Waals surface area (Å²) in [4.78, 5) is 35.5. The van der Waals surface area contributed by atoms with E-state index in [0.29, 0.717) is 17.9 Å². The molecule has 9 nitrogen and oxygen atoms in total. The minimum Gasteiger partial charge on any atom is -0.492 e. The Labute approximate surface area is 167 Å². The quantitative estimate of drug-likeness (QED) is 0.616. The predicted octanol–water partition coefficient (Wildman–Crippen LogP) is 0.405. The van der Waals surface area contributed by atoms with E-state index in [4.69, 9.17) is 9.47 Å². The van der Waals surface area contributed by atoms with Crippen molar-refractivity contribution in [3.63, 3.8) is 0 Å².